The molecule has 4 nitrogen and oxygen atoms in total. The number of ether oxygens (including phenoxy) is 2. The number of amides is 1. The minimum Gasteiger partial charge on any atom is -0.492 e. The number of hydrogen-bond donors (Lipinski definition) is 1. The van der Waals surface area contributed by atoms with Crippen LogP contribution in [0.3, 0.4) is 0 Å². The lowest BCUT2D eigenvalue weighted by Gasteiger charge is -2.16. The van der Waals surface area contributed by atoms with E-state index in [1.54, 1.807) is 6.92 Å². The minimum absolute atomic E-state index is 0.157. The third-order valence-corrected chi connectivity index (χ3v) is 4.16. The van der Waals surface area contributed by atoms with Crippen molar-refractivity contribution in [3.8, 4) is 11.5 Å². The average molecular weight is 349 g/mol. The van der Waals surface area contributed by atoms with Crippen molar-refractivity contribution >= 4 is 16.7 Å². The molecule has 0 unspecified atom stereocenters. The molecule has 3 aromatic rings. The van der Waals surface area contributed by atoms with E-state index in [1.165, 1.54) is 5.39 Å². The van der Waals surface area contributed by atoms with Crippen LogP contribution in [-0.4, -0.2) is 25.2 Å². The Balaban J connectivity index is 1.45. The van der Waals surface area contributed by atoms with Crippen LogP contribution in [-0.2, 0) is 4.79 Å². The molecule has 0 heterocycles. The summed E-state index contributed by atoms with van der Waals surface area (Å²) in [6.45, 7) is 4.53. The Morgan fingerprint density at radius 1 is 1.00 bits per heavy atom. The number of rotatable bonds is 7. The molecule has 1 N–H and O–H groups in total. The van der Waals surface area contributed by atoms with E-state index in [1.807, 2.05) is 61.5 Å². The molecule has 0 bridgehead atoms. The maximum Gasteiger partial charge on any atom is 0.260 e. The van der Waals surface area contributed by atoms with Gasteiger partial charge in [0, 0.05) is 0 Å². The summed E-state index contributed by atoms with van der Waals surface area (Å²) in [6.07, 6.45) is -0.559. The normalized spacial score (nSPS) is 11.8. The maximum atomic E-state index is 12.2. The number of nitrogens with one attached hydrogen (secondary N) is 1. The zero-order valence-corrected chi connectivity index (χ0v) is 15.1. The number of benzene rings is 3. The van der Waals surface area contributed by atoms with Gasteiger partial charge in [0.15, 0.2) is 6.10 Å². The largest absolute Gasteiger partial charge is 0.492 e. The summed E-state index contributed by atoms with van der Waals surface area (Å²) in [4.78, 5) is 12.2. The monoisotopic (exact) mass is 349 g/mol. The Bertz CT molecular complexity index is 891. The molecule has 4 heteroatoms. The number of fused-ring (bicyclic) bond motifs is 1. The number of aryl methyl sites for hydroxylation is 1. The molecule has 0 radical (unpaired) electrons. The van der Waals surface area contributed by atoms with Crippen molar-refractivity contribution in [2.75, 3.05) is 13.2 Å². The average Bonchev–Trinajstić information content (AvgIpc) is 2.66. The van der Waals surface area contributed by atoms with E-state index >= 15 is 0 Å². The van der Waals surface area contributed by atoms with Gasteiger partial charge >= 0.3 is 0 Å². The van der Waals surface area contributed by atoms with Crippen molar-refractivity contribution in [2.45, 2.75) is 20.0 Å². The summed E-state index contributed by atoms with van der Waals surface area (Å²) in [5.41, 5.74) is 1.01. The third-order valence-electron chi connectivity index (χ3n) is 4.16. The Morgan fingerprint density at radius 2 is 1.73 bits per heavy atom. The summed E-state index contributed by atoms with van der Waals surface area (Å²) in [5.74, 6) is 1.36. The predicted molar refractivity (Wildman–Crippen MR) is 104 cm³/mol. The van der Waals surface area contributed by atoms with E-state index in [0.29, 0.717) is 13.2 Å². The second-order valence-corrected chi connectivity index (χ2v) is 6.17. The smallest absolute Gasteiger partial charge is 0.260 e. The van der Waals surface area contributed by atoms with Gasteiger partial charge in [-0.3, -0.25) is 4.79 Å². The van der Waals surface area contributed by atoms with Gasteiger partial charge in [-0.25, -0.2) is 0 Å². The van der Waals surface area contributed by atoms with E-state index in [4.69, 9.17) is 9.47 Å². The first-order valence-corrected chi connectivity index (χ1v) is 8.75. The van der Waals surface area contributed by atoms with Gasteiger partial charge in [-0.15, -0.1) is 0 Å². The van der Waals surface area contributed by atoms with Crippen LogP contribution >= 0.6 is 0 Å². The van der Waals surface area contributed by atoms with Crippen LogP contribution in [0, 0.1) is 6.92 Å². The summed E-state index contributed by atoms with van der Waals surface area (Å²) in [7, 11) is 0. The first-order chi connectivity index (χ1) is 12.6. The molecule has 26 heavy (non-hydrogen) atoms. The zero-order chi connectivity index (χ0) is 18.4. The van der Waals surface area contributed by atoms with Crippen LogP contribution in [0.25, 0.3) is 10.8 Å². The molecule has 0 aliphatic carbocycles. The minimum atomic E-state index is -0.559. The van der Waals surface area contributed by atoms with Crippen molar-refractivity contribution < 1.29 is 14.3 Å². The molecule has 134 valence electrons. The zero-order valence-electron chi connectivity index (χ0n) is 15.1. The van der Waals surface area contributed by atoms with E-state index in [9.17, 15) is 4.79 Å². The Morgan fingerprint density at radius 3 is 2.54 bits per heavy atom. The van der Waals surface area contributed by atoms with Gasteiger partial charge in [-0.1, -0.05) is 48.5 Å². The highest BCUT2D eigenvalue weighted by Gasteiger charge is 2.14. The van der Waals surface area contributed by atoms with Crippen LogP contribution < -0.4 is 14.8 Å². The predicted octanol–water partition coefficient (Wildman–Crippen LogP) is 4.11. The fourth-order valence-electron chi connectivity index (χ4n) is 2.68. The molecule has 1 amide bonds. The Labute approximate surface area is 153 Å². The highest BCUT2D eigenvalue weighted by molar-refractivity contribution is 5.83. The maximum absolute atomic E-state index is 12.2. The van der Waals surface area contributed by atoms with Gasteiger partial charge < -0.3 is 14.8 Å². The lowest BCUT2D eigenvalue weighted by atomic mass is 10.1. The molecule has 1 atom stereocenters. The summed E-state index contributed by atoms with van der Waals surface area (Å²) in [6, 6.07) is 21.8. The van der Waals surface area contributed by atoms with Crippen LogP contribution in [0.15, 0.2) is 66.7 Å². The quantitative estimate of drug-likeness (QED) is 0.653. The number of carbonyl (C=O) groups excluding carboxylic acids is 1. The van der Waals surface area contributed by atoms with Gasteiger partial charge in [0.25, 0.3) is 5.91 Å². The van der Waals surface area contributed by atoms with Gasteiger partial charge in [-0.05, 0) is 48.4 Å². The number of carbonyl (C=O) groups is 1. The summed E-state index contributed by atoms with van der Waals surface area (Å²) >= 11 is 0. The molecule has 0 saturated carbocycles. The molecule has 0 fully saturated rings. The fourth-order valence-corrected chi connectivity index (χ4v) is 2.68. The standard InChI is InChI=1S/C22H23NO3/c1-16-7-3-6-10-21(16)26-17(2)22(24)23-13-14-25-20-12-11-18-8-4-5-9-19(18)15-20/h3-12,15,17H,13-14H2,1-2H3,(H,23,24)/t17-/m1/s1. The Kier molecular flexibility index (Phi) is 5.74. The molecular formula is C22H23NO3. The first-order valence-electron chi connectivity index (χ1n) is 8.75. The van der Waals surface area contributed by atoms with Crippen molar-refractivity contribution in [1.29, 1.82) is 0 Å². The molecule has 0 saturated heterocycles. The van der Waals surface area contributed by atoms with Crippen molar-refractivity contribution in [2.24, 2.45) is 0 Å². The lowest BCUT2D eigenvalue weighted by Crippen LogP contribution is -2.38. The number of para-hydroxylation sites is 1. The Hall–Kier alpha value is -3.01. The van der Waals surface area contributed by atoms with Gasteiger partial charge in [0.1, 0.15) is 18.1 Å². The topological polar surface area (TPSA) is 47.6 Å². The van der Waals surface area contributed by atoms with E-state index in [-0.39, 0.29) is 5.91 Å². The summed E-state index contributed by atoms with van der Waals surface area (Å²) < 4.78 is 11.4. The fraction of sp³-hybridized carbons (Fsp3) is 0.227. The lowest BCUT2D eigenvalue weighted by molar-refractivity contribution is -0.127. The highest BCUT2D eigenvalue weighted by Crippen LogP contribution is 2.20. The van der Waals surface area contributed by atoms with Crippen molar-refractivity contribution in [3.63, 3.8) is 0 Å². The van der Waals surface area contributed by atoms with Crippen LogP contribution in [0.2, 0.25) is 0 Å². The van der Waals surface area contributed by atoms with Crippen molar-refractivity contribution in [3.05, 3.63) is 72.3 Å². The van der Waals surface area contributed by atoms with Gasteiger partial charge in [-0.2, -0.15) is 0 Å². The molecule has 0 aromatic heterocycles. The van der Waals surface area contributed by atoms with Gasteiger partial charge in [0.05, 0.1) is 6.54 Å². The van der Waals surface area contributed by atoms with Gasteiger partial charge in [0.2, 0.25) is 0 Å². The molecule has 0 aliphatic rings. The first kappa shape index (κ1) is 17.8. The third kappa shape index (κ3) is 4.54. The van der Waals surface area contributed by atoms with E-state index in [2.05, 4.69) is 17.4 Å². The molecular weight excluding hydrogens is 326 g/mol. The highest BCUT2D eigenvalue weighted by atomic mass is 16.5. The van der Waals surface area contributed by atoms with Crippen LogP contribution in [0.1, 0.15) is 12.5 Å². The van der Waals surface area contributed by atoms with E-state index < -0.39 is 6.10 Å². The molecule has 0 aliphatic heterocycles. The van der Waals surface area contributed by atoms with Crippen LogP contribution in [0.5, 0.6) is 11.5 Å². The molecule has 3 rings (SSSR count). The second kappa shape index (κ2) is 8.39. The SMILES string of the molecule is Cc1ccccc1O[C@H](C)C(=O)NCCOc1ccc2ccccc2c1. The van der Waals surface area contributed by atoms with Crippen LogP contribution in [0.4, 0.5) is 0 Å². The summed E-state index contributed by atoms with van der Waals surface area (Å²) in [5, 5.41) is 5.15. The number of hydrogen-bond acceptors (Lipinski definition) is 3. The second-order valence-electron chi connectivity index (χ2n) is 6.17. The molecule has 3 aromatic carbocycles. The van der Waals surface area contributed by atoms with E-state index in [0.717, 1.165) is 22.4 Å². The molecule has 0 spiro atoms. The van der Waals surface area contributed by atoms with Crippen molar-refractivity contribution in [1.82, 2.24) is 5.32 Å².